The summed E-state index contributed by atoms with van der Waals surface area (Å²) in [6.07, 6.45) is 4.70. The van der Waals surface area contributed by atoms with Gasteiger partial charge in [-0.1, -0.05) is 12.2 Å². The average Bonchev–Trinajstić information content (AvgIpc) is 2.00. The Hall–Kier alpha value is -0.500. The molecule has 0 aromatic rings. The Morgan fingerprint density at radius 1 is 1.64 bits per heavy atom. The zero-order valence-electron chi connectivity index (χ0n) is 7.17. The van der Waals surface area contributed by atoms with Crippen LogP contribution < -0.4 is 0 Å². The molecule has 0 saturated carbocycles. The van der Waals surface area contributed by atoms with Crippen molar-refractivity contribution in [2.75, 3.05) is 6.54 Å². The van der Waals surface area contributed by atoms with Crippen molar-refractivity contribution in [2.45, 2.75) is 20.3 Å². The number of thiol groups is 1. The fourth-order valence-electron chi connectivity index (χ4n) is 0.661. The maximum absolute atomic E-state index is 4.28. The number of aliphatic imine (C=N–C) groups is 1. The molecule has 0 aliphatic heterocycles. The first kappa shape index (κ1) is 10.5. The molecule has 0 spiro atoms. The van der Waals surface area contributed by atoms with Crippen LogP contribution in [0.4, 0.5) is 0 Å². The van der Waals surface area contributed by atoms with Crippen molar-refractivity contribution in [3.63, 3.8) is 0 Å². The van der Waals surface area contributed by atoms with Crippen LogP contribution in [0.15, 0.2) is 28.6 Å². The third-order valence-electron chi connectivity index (χ3n) is 1.24. The molecule has 0 atom stereocenters. The van der Waals surface area contributed by atoms with E-state index in [4.69, 9.17) is 0 Å². The van der Waals surface area contributed by atoms with E-state index in [1.807, 2.05) is 26.0 Å². The van der Waals surface area contributed by atoms with E-state index in [1.54, 1.807) is 0 Å². The lowest BCUT2D eigenvalue weighted by Gasteiger charge is -1.96. The second kappa shape index (κ2) is 6.23. The molecule has 0 bridgehead atoms. The van der Waals surface area contributed by atoms with E-state index in [2.05, 4.69) is 24.2 Å². The van der Waals surface area contributed by atoms with Crippen molar-refractivity contribution in [2.24, 2.45) is 4.99 Å². The number of nitrogens with zero attached hydrogens (tertiary/aromatic N) is 1. The van der Waals surface area contributed by atoms with Crippen LogP contribution in [0.2, 0.25) is 0 Å². The molecule has 1 nitrogen and oxygen atoms in total. The molecule has 11 heavy (non-hydrogen) atoms. The summed E-state index contributed by atoms with van der Waals surface area (Å²) in [4.78, 5) is 5.17. The number of hydrogen-bond donors (Lipinski definition) is 1. The number of hydrogen-bond acceptors (Lipinski definition) is 2. The third kappa shape index (κ3) is 4.85. The number of allylic oxidation sites excluding steroid dienone is 3. The van der Waals surface area contributed by atoms with Gasteiger partial charge in [0.1, 0.15) is 0 Å². The van der Waals surface area contributed by atoms with Gasteiger partial charge in [-0.2, -0.15) is 0 Å². The highest BCUT2D eigenvalue weighted by atomic mass is 32.1. The largest absolute Gasteiger partial charge is 0.289 e. The Labute approximate surface area is 74.3 Å². The van der Waals surface area contributed by atoms with Crippen molar-refractivity contribution in [3.8, 4) is 0 Å². The van der Waals surface area contributed by atoms with Crippen LogP contribution in [-0.4, -0.2) is 12.3 Å². The fraction of sp³-hybridized carbons (Fsp3) is 0.444. The van der Waals surface area contributed by atoms with Crippen LogP contribution in [0.5, 0.6) is 0 Å². The molecular formula is C9H15NS. The molecule has 0 aliphatic rings. The molecule has 0 radical (unpaired) electrons. The quantitative estimate of drug-likeness (QED) is 0.377. The molecule has 0 amide bonds. The van der Waals surface area contributed by atoms with Crippen LogP contribution in [-0.2, 0) is 0 Å². The molecule has 0 fully saturated rings. The SMILES string of the molecule is C=CC/C=C(S)\C(C)=N/CC. The first-order valence-corrected chi connectivity index (χ1v) is 4.18. The van der Waals surface area contributed by atoms with Crippen LogP contribution in [0.1, 0.15) is 20.3 Å². The first-order valence-electron chi connectivity index (χ1n) is 3.73. The van der Waals surface area contributed by atoms with Gasteiger partial charge in [-0.05, 0) is 20.3 Å². The van der Waals surface area contributed by atoms with E-state index in [9.17, 15) is 0 Å². The van der Waals surface area contributed by atoms with Crippen LogP contribution in [0.25, 0.3) is 0 Å². The Bertz CT molecular complexity index is 180. The summed E-state index contributed by atoms with van der Waals surface area (Å²) < 4.78 is 0. The van der Waals surface area contributed by atoms with E-state index in [-0.39, 0.29) is 0 Å². The predicted molar refractivity (Wildman–Crippen MR) is 55.5 cm³/mol. The summed E-state index contributed by atoms with van der Waals surface area (Å²) in [5.41, 5.74) is 0.998. The molecule has 0 rings (SSSR count). The lowest BCUT2D eigenvalue weighted by Crippen LogP contribution is -1.91. The van der Waals surface area contributed by atoms with E-state index >= 15 is 0 Å². The monoisotopic (exact) mass is 169 g/mol. The fourth-order valence-corrected chi connectivity index (χ4v) is 0.837. The highest BCUT2D eigenvalue weighted by molar-refractivity contribution is 7.85. The smallest absolute Gasteiger partial charge is 0.0447 e. The molecule has 0 N–H and O–H groups in total. The standard InChI is InChI=1S/C9H15NS/c1-4-6-7-9(11)8(3)10-5-2/h4,7,11H,1,5-6H2,2-3H3/b9-7+,10-8-. The molecule has 0 saturated heterocycles. The second-order valence-corrected chi connectivity index (χ2v) is 2.66. The van der Waals surface area contributed by atoms with Crippen molar-refractivity contribution >= 4 is 18.3 Å². The van der Waals surface area contributed by atoms with Gasteiger partial charge in [0.2, 0.25) is 0 Å². The van der Waals surface area contributed by atoms with Gasteiger partial charge < -0.3 is 0 Å². The molecule has 2 heteroatoms. The summed E-state index contributed by atoms with van der Waals surface area (Å²) in [7, 11) is 0. The summed E-state index contributed by atoms with van der Waals surface area (Å²) in [5.74, 6) is 0. The summed E-state index contributed by atoms with van der Waals surface area (Å²) >= 11 is 4.28. The zero-order valence-corrected chi connectivity index (χ0v) is 8.06. The Morgan fingerprint density at radius 2 is 2.27 bits per heavy atom. The summed E-state index contributed by atoms with van der Waals surface area (Å²) in [6.45, 7) is 8.41. The van der Waals surface area contributed by atoms with Crippen molar-refractivity contribution < 1.29 is 0 Å². The van der Waals surface area contributed by atoms with Crippen LogP contribution >= 0.6 is 12.6 Å². The topological polar surface area (TPSA) is 12.4 Å². The van der Waals surface area contributed by atoms with Crippen LogP contribution in [0.3, 0.4) is 0 Å². The van der Waals surface area contributed by atoms with Gasteiger partial charge >= 0.3 is 0 Å². The van der Waals surface area contributed by atoms with Gasteiger partial charge in [0.05, 0.1) is 0 Å². The maximum Gasteiger partial charge on any atom is 0.0447 e. The van der Waals surface area contributed by atoms with Gasteiger partial charge in [-0.3, -0.25) is 4.99 Å². The van der Waals surface area contributed by atoms with E-state index in [1.165, 1.54) is 0 Å². The van der Waals surface area contributed by atoms with Crippen molar-refractivity contribution in [1.82, 2.24) is 0 Å². The van der Waals surface area contributed by atoms with E-state index in [0.29, 0.717) is 0 Å². The minimum atomic E-state index is 0.817. The highest BCUT2D eigenvalue weighted by Crippen LogP contribution is 2.05. The molecule has 0 aromatic carbocycles. The lowest BCUT2D eigenvalue weighted by atomic mass is 10.3. The predicted octanol–water partition coefficient (Wildman–Crippen LogP) is 2.86. The van der Waals surface area contributed by atoms with E-state index < -0.39 is 0 Å². The zero-order chi connectivity index (χ0) is 8.69. The molecule has 0 aliphatic carbocycles. The number of rotatable bonds is 4. The minimum absolute atomic E-state index is 0.817. The average molecular weight is 169 g/mol. The Morgan fingerprint density at radius 3 is 2.73 bits per heavy atom. The summed E-state index contributed by atoms with van der Waals surface area (Å²) in [5, 5.41) is 0. The minimum Gasteiger partial charge on any atom is -0.289 e. The summed E-state index contributed by atoms with van der Waals surface area (Å²) in [6, 6.07) is 0. The Balaban J connectivity index is 4.10. The Kier molecular flexibility index (Phi) is 5.94. The van der Waals surface area contributed by atoms with Crippen molar-refractivity contribution in [3.05, 3.63) is 23.6 Å². The second-order valence-electron chi connectivity index (χ2n) is 2.17. The van der Waals surface area contributed by atoms with Gasteiger partial charge in [0.15, 0.2) is 0 Å². The van der Waals surface area contributed by atoms with Gasteiger partial charge in [0, 0.05) is 17.2 Å². The molecular weight excluding hydrogens is 154 g/mol. The third-order valence-corrected chi connectivity index (χ3v) is 1.75. The molecule has 0 heterocycles. The highest BCUT2D eigenvalue weighted by Gasteiger charge is 1.91. The first-order chi connectivity index (χ1) is 5.22. The van der Waals surface area contributed by atoms with Gasteiger partial charge in [-0.15, -0.1) is 19.2 Å². The van der Waals surface area contributed by atoms with Crippen LogP contribution in [0, 0.1) is 0 Å². The van der Waals surface area contributed by atoms with Crippen molar-refractivity contribution in [1.29, 1.82) is 0 Å². The van der Waals surface area contributed by atoms with E-state index in [0.717, 1.165) is 23.6 Å². The lowest BCUT2D eigenvalue weighted by molar-refractivity contribution is 1.13. The molecule has 0 unspecified atom stereocenters. The molecule has 0 aromatic heterocycles. The van der Waals surface area contributed by atoms with Gasteiger partial charge in [0.25, 0.3) is 0 Å². The molecule has 62 valence electrons. The normalized spacial score (nSPS) is 13.4. The maximum atomic E-state index is 4.28. The van der Waals surface area contributed by atoms with Gasteiger partial charge in [-0.25, -0.2) is 0 Å².